The third kappa shape index (κ3) is 3.09. The lowest BCUT2D eigenvalue weighted by molar-refractivity contribution is -0.133. The monoisotopic (exact) mass is 296 g/mol. The molecule has 2 heterocycles. The molecule has 114 valence electrons. The first kappa shape index (κ1) is 14.5. The van der Waals surface area contributed by atoms with Crippen LogP contribution in [-0.4, -0.2) is 42.0 Å². The Labute approximate surface area is 130 Å². The standard InChI is InChI=1S/C17H20N4O/c18-16(14-6-2-1-3-7-14)17(22)21-12-10-20(11-13-21)15-8-4-5-9-19-15/h1-9,16H,10-13,18H2/t16-/m0/s1. The third-order valence-corrected chi connectivity index (χ3v) is 3.99. The van der Waals surface area contributed by atoms with Gasteiger partial charge in [0.15, 0.2) is 0 Å². The number of nitrogens with zero attached hydrogens (tertiary/aromatic N) is 3. The predicted molar refractivity (Wildman–Crippen MR) is 86.4 cm³/mol. The molecule has 0 bridgehead atoms. The molecule has 0 saturated carbocycles. The van der Waals surface area contributed by atoms with Crippen LogP contribution >= 0.6 is 0 Å². The molecule has 0 radical (unpaired) electrons. The number of benzene rings is 1. The van der Waals surface area contributed by atoms with E-state index in [1.54, 1.807) is 6.20 Å². The molecule has 1 atom stereocenters. The summed E-state index contributed by atoms with van der Waals surface area (Å²) in [6.07, 6.45) is 1.79. The van der Waals surface area contributed by atoms with Gasteiger partial charge in [-0.05, 0) is 17.7 Å². The minimum atomic E-state index is -0.581. The summed E-state index contributed by atoms with van der Waals surface area (Å²) in [5, 5.41) is 0. The van der Waals surface area contributed by atoms with Gasteiger partial charge in [0.1, 0.15) is 11.9 Å². The Morgan fingerprint density at radius 2 is 1.68 bits per heavy atom. The number of nitrogens with two attached hydrogens (primary N) is 1. The smallest absolute Gasteiger partial charge is 0.244 e. The molecule has 22 heavy (non-hydrogen) atoms. The van der Waals surface area contributed by atoms with Crippen LogP contribution in [-0.2, 0) is 4.79 Å². The molecule has 0 unspecified atom stereocenters. The Morgan fingerprint density at radius 3 is 2.32 bits per heavy atom. The molecule has 1 saturated heterocycles. The molecule has 0 aliphatic carbocycles. The first-order chi connectivity index (χ1) is 10.8. The first-order valence-corrected chi connectivity index (χ1v) is 7.51. The minimum absolute atomic E-state index is 0.00753. The van der Waals surface area contributed by atoms with Crippen LogP contribution in [0.5, 0.6) is 0 Å². The summed E-state index contributed by atoms with van der Waals surface area (Å²) in [5.74, 6) is 0.953. The van der Waals surface area contributed by atoms with Crippen molar-refractivity contribution in [1.82, 2.24) is 9.88 Å². The Kier molecular flexibility index (Phi) is 4.34. The summed E-state index contributed by atoms with van der Waals surface area (Å²) < 4.78 is 0. The Morgan fingerprint density at radius 1 is 1.00 bits per heavy atom. The van der Waals surface area contributed by atoms with E-state index >= 15 is 0 Å². The van der Waals surface area contributed by atoms with Crippen LogP contribution < -0.4 is 10.6 Å². The molecular weight excluding hydrogens is 276 g/mol. The summed E-state index contributed by atoms with van der Waals surface area (Å²) in [6, 6.07) is 14.8. The molecule has 1 aromatic heterocycles. The molecule has 2 aromatic rings. The van der Waals surface area contributed by atoms with Gasteiger partial charge in [-0.1, -0.05) is 36.4 Å². The number of hydrogen-bond donors (Lipinski definition) is 1. The number of rotatable bonds is 3. The minimum Gasteiger partial charge on any atom is -0.353 e. The summed E-state index contributed by atoms with van der Waals surface area (Å²) in [4.78, 5) is 20.9. The fraction of sp³-hybridized carbons (Fsp3) is 0.294. The van der Waals surface area contributed by atoms with Gasteiger partial charge in [-0.25, -0.2) is 4.98 Å². The number of anilines is 1. The van der Waals surface area contributed by atoms with Gasteiger partial charge in [0.2, 0.25) is 5.91 Å². The van der Waals surface area contributed by atoms with Crippen molar-refractivity contribution in [2.24, 2.45) is 5.73 Å². The normalized spacial score (nSPS) is 16.4. The van der Waals surface area contributed by atoms with Gasteiger partial charge in [0, 0.05) is 32.4 Å². The van der Waals surface area contributed by atoms with Gasteiger partial charge in [-0.15, -0.1) is 0 Å². The van der Waals surface area contributed by atoms with Crippen molar-refractivity contribution in [2.45, 2.75) is 6.04 Å². The van der Waals surface area contributed by atoms with Crippen LogP contribution in [0.15, 0.2) is 54.7 Å². The molecule has 2 N–H and O–H groups in total. The number of piperazine rings is 1. The fourth-order valence-electron chi connectivity index (χ4n) is 2.70. The zero-order chi connectivity index (χ0) is 15.4. The number of aromatic nitrogens is 1. The lowest BCUT2D eigenvalue weighted by atomic mass is 10.1. The molecule has 0 spiro atoms. The molecule has 3 rings (SSSR count). The molecule has 5 nitrogen and oxygen atoms in total. The molecule has 1 fully saturated rings. The van der Waals surface area contributed by atoms with Crippen molar-refractivity contribution in [2.75, 3.05) is 31.1 Å². The van der Waals surface area contributed by atoms with E-state index in [0.717, 1.165) is 24.5 Å². The van der Waals surface area contributed by atoms with Crippen molar-refractivity contribution >= 4 is 11.7 Å². The molecule has 1 amide bonds. The Bertz CT molecular complexity index is 609. The van der Waals surface area contributed by atoms with E-state index < -0.39 is 6.04 Å². The maximum absolute atomic E-state index is 12.5. The summed E-state index contributed by atoms with van der Waals surface area (Å²) in [7, 11) is 0. The van der Waals surface area contributed by atoms with Crippen LogP contribution in [0.1, 0.15) is 11.6 Å². The second-order valence-electron chi connectivity index (χ2n) is 5.39. The van der Waals surface area contributed by atoms with Crippen molar-refractivity contribution in [3.63, 3.8) is 0 Å². The number of amides is 1. The average molecular weight is 296 g/mol. The van der Waals surface area contributed by atoms with E-state index in [9.17, 15) is 4.79 Å². The zero-order valence-corrected chi connectivity index (χ0v) is 12.4. The second kappa shape index (κ2) is 6.58. The molecule has 1 aliphatic heterocycles. The van der Waals surface area contributed by atoms with Crippen LogP contribution in [0.4, 0.5) is 5.82 Å². The van der Waals surface area contributed by atoms with E-state index in [0.29, 0.717) is 13.1 Å². The number of hydrogen-bond acceptors (Lipinski definition) is 4. The zero-order valence-electron chi connectivity index (χ0n) is 12.4. The average Bonchev–Trinajstić information content (AvgIpc) is 2.62. The number of pyridine rings is 1. The van der Waals surface area contributed by atoms with Crippen molar-refractivity contribution < 1.29 is 4.79 Å². The number of carbonyl (C=O) groups excluding carboxylic acids is 1. The number of carbonyl (C=O) groups is 1. The predicted octanol–water partition coefficient (Wildman–Crippen LogP) is 1.43. The molecule has 5 heteroatoms. The van der Waals surface area contributed by atoms with Crippen LogP contribution in [0, 0.1) is 0 Å². The highest BCUT2D eigenvalue weighted by molar-refractivity contribution is 5.83. The van der Waals surface area contributed by atoms with E-state index in [4.69, 9.17) is 5.73 Å². The van der Waals surface area contributed by atoms with Gasteiger partial charge < -0.3 is 15.5 Å². The third-order valence-electron chi connectivity index (χ3n) is 3.99. The van der Waals surface area contributed by atoms with E-state index in [2.05, 4.69) is 9.88 Å². The van der Waals surface area contributed by atoms with E-state index in [1.165, 1.54) is 0 Å². The van der Waals surface area contributed by atoms with E-state index in [-0.39, 0.29) is 5.91 Å². The lowest BCUT2D eigenvalue weighted by Gasteiger charge is -2.36. The largest absolute Gasteiger partial charge is 0.353 e. The summed E-state index contributed by atoms with van der Waals surface area (Å²) in [5.41, 5.74) is 6.96. The second-order valence-corrected chi connectivity index (χ2v) is 5.39. The maximum Gasteiger partial charge on any atom is 0.244 e. The fourth-order valence-corrected chi connectivity index (χ4v) is 2.70. The van der Waals surface area contributed by atoms with Crippen molar-refractivity contribution in [3.05, 3.63) is 60.3 Å². The summed E-state index contributed by atoms with van der Waals surface area (Å²) >= 11 is 0. The maximum atomic E-state index is 12.5. The van der Waals surface area contributed by atoms with Crippen LogP contribution in [0.2, 0.25) is 0 Å². The van der Waals surface area contributed by atoms with Gasteiger partial charge in [-0.3, -0.25) is 4.79 Å². The van der Waals surface area contributed by atoms with Gasteiger partial charge in [0.25, 0.3) is 0 Å². The van der Waals surface area contributed by atoms with Crippen molar-refractivity contribution in [3.8, 4) is 0 Å². The van der Waals surface area contributed by atoms with Gasteiger partial charge >= 0.3 is 0 Å². The van der Waals surface area contributed by atoms with Crippen LogP contribution in [0.3, 0.4) is 0 Å². The highest BCUT2D eigenvalue weighted by Gasteiger charge is 2.26. The highest BCUT2D eigenvalue weighted by atomic mass is 16.2. The van der Waals surface area contributed by atoms with Crippen molar-refractivity contribution in [1.29, 1.82) is 0 Å². The first-order valence-electron chi connectivity index (χ1n) is 7.51. The SMILES string of the molecule is N[C@H](C(=O)N1CCN(c2ccccn2)CC1)c1ccccc1. The Hall–Kier alpha value is -2.40. The Balaban J connectivity index is 1.60. The molecule has 1 aliphatic rings. The van der Waals surface area contributed by atoms with Gasteiger partial charge in [-0.2, -0.15) is 0 Å². The van der Waals surface area contributed by atoms with Gasteiger partial charge in [0.05, 0.1) is 0 Å². The lowest BCUT2D eigenvalue weighted by Crippen LogP contribution is -2.51. The topological polar surface area (TPSA) is 62.5 Å². The molecule has 1 aromatic carbocycles. The highest BCUT2D eigenvalue weighted by Crippen LogP contribution is 2.17. The summed E-state index contributed by atoms with van der Waals surface area (Å²) in [6.45, 7) is 2.92. The van der Waals surface area contributed by atoms with Crippen LogP contribution in [0.25, 0.3) is 0 Å². The van der Waals surface area contributed by atoms with E-state index in [1.807, 2.05) is 53.4 Å². The molecular formula is C17H20N4O. The quantitative estimate of drug-likeness (QED) is 0.931.